The van der Waals surface area contributed by atoms with Gasteiger partial charge in [-0.15, -0.1) is 0 Å². The van der Waals surface area contributed by atoms with Gasteiger partial charge >= 0.3 is 0 Å². The molecular formula is C18H23NO2. The number of carbonyl (C=O) groups excluding carboxylic acids is 2. The van der Waals surface area contributed by atoms with Crippen LogP contribution in [0.25, 0.3) is 0 Å². The van der Waals surface area contributed by atoms with Gasteiger partial charge in [-0.2, -0.15) is 0 Å². The number of nitrogens with zero attached hydrogens (tertiary/aromatic N) is 1. The fourth-order valence-corrected chi connectivity index (χ4v) is 4.18. The molecular weight excluding hydrogens is 262 g/mol. The largest absolute Gasteiger partial charge is 0.274 e. The van der Waals surface area contributed by atoms with Gasteiger partial charge < -0.3 is 0 Å². The zero-order valence-corrected chi connectivity index (χ0v) is 13.0. The second-order valence-electron chi connectivity index (χ2n) is 6.47. The fourth-order valence-electron chi connectivity index (χ4n) is 4.18. The quantitative estimate of drug-likeness (QED) is 0.796. The van der Waals surface area contributed by atoms with Crippen LogP contribution < -0.4 is 4.90 Å². The third-order valence-electron chi connectivity index (χ3n) is 5.36. The van der Waals surface area contributed by atoms with Crippen LogP contribution in [0.2, 0.25) is 0 Å². The van der Waals surface area contributed by atoms with Crippen molar-refractivity contribution in [2.75, 3.05) is 4.90 Å². The summed E-state index contributed by atoms with van der Waals surface area (Å²) >= 11 is 0. The molecule has 0 radical (unpaired) electrons. The number of carbonyl (C=O) groups is 2. The first kappa shape index (κ1) is 14.3. The van der Waals surface area contributed by atoms with Crippen LogP contribution in [-0.2, 0) is 9.59 Å². The van der Waals surface area contributed by atoms with Gasteiger partial charge in [0.15, 0.2) is 0 Å². The molecule has 1 saturated heterocycles. The van der Waals surface area contributed by atoms with Gasteiger partial charge in [0.2, 0.25) is 11.8 Å². The minimum Gasteiger partial charge on any atom is -0.274 e. The second kappa shape index (κ2) is 5.28. The molecule has 2 amide bonds. The smallest absolute Gasteiger partial charge is 0.237 e. The molecule has 3 heteroatoms. The minimum atomic E-state index is -0.0891. The number of hydrogen-bond donors (Lipinski definition) is 0. The molecule has 3 nitrogen and oxygen atoms in total. The van der Waals surface area contributed by atoms with Crippen LogP contribution in [0.5, 0.6) is 0 Å². The molecule has 0 spiro atoms. The van der Waals surface area contributed by atoms with Crippen LogP contribution in [0.15, 0.2) is 24.3 Å². The predicted molar refractivity (Wildman–Crippen MR) is 82.8 cm³/mol. The van der Waals surface area contributed by atoms with Crippen molar-refractivity contribution in [1.82, 2.24) is 0 Å². The second-order valence-corrected chi connectivity index (χ2v) is 6.47. The van der Waals surface area contributed by atoms with E-state index in [0.717, 1.165) is 30.5 Å². The number of hydrogen-bond acceptors (Lipinski definition) is 2. The highest BCUT2D eigenvalue weighted by Crippen LogP contribution is 2.50. The predicted octanol–water partition coefficient (Wildman–Crippen LogP) is 3.56. The number of rotatable bonds is 3. The molecule has 2 fully saturated rings. The molecule has 21 heavy (non-hydrogen) atoms. The van der Waals surface area contributed by atoms with Crippen LogP contribution >= 0.6 is 0 Å². The van der Waals surface area contributed by atoms with Gasteiger partial charge in [-0.25, -0.2) is 0 Å². The third kappa shape index (κ3) is 2.10. The van der Waals surface area contributed by atoms with Gasteiger partial charge in [-0.05, 0) is 37.3 Å². The Morgan fingerprint density at radius 2 is 1.43 bits per heavy atom. The Bertz CT molecular complexity index is 535. The molecule has 4 unspecified atom stereocenters. The minimum absolute atomic E-state index is 0.0247. The van der Waals surface area contributed by atoms with Crippen molar-refractivity contribution in [3.05, 3.63) is 29.8 Å². The molecule has 2 aliphatic rings. The van der Waals surface area contributed by atoms with Gasteiger partial charge in [0, 0.05) is 0 Å². The molecule has 0 aromatic heterocycles. The van der Waals surface area contributed by atoms with Gasteiger partial charge in [-0.1, -0.05) is 44.4 Å². The molecule has 4 atom stereocenters. The Labute approximate surface area is 126 Å². The Morgan fingerprint density at radius 3 is 1.86 bits per heavy atom. The van der Waals surface area contributed by atoms with Gasteiger partial charge in [0.05, 0.1) is 17.5 Å². The monoisotopic (exact) mass is 285 g/mol. The van der Waals surface area contributed by atoms with E-state index in [9.17, 15) is 9.59 Å². The summed E-state index contributed by atoms with van der Waals surface area (Å²) in [4.78, 5) is 27.1. The summed E-state index contributed by atoms with van der Waals surface area (Å²) in [6.07, 6.45) is 3.00. The number of benzene rings is 1. The molecule has 1 aromatic rings. The summed E-state index contributed by atoms with van der Waals surface area (Å²) in [5, 5.41) is 0. The zero-order chi connectivity index (χ0) is 15.1. The average Bonchev–Trinajstić information content (AvgIpc) is 2.98. The van der Waals surface area contributed by atoms with Crippen molar-refractivity contribution in [1.29, 1.82) is 0 Å². The van der Waals surface area contributed by atoms with Crippen LogP contribution in [0.4, 0.5) is 5.69 Å². The lowest BCUT2D eigenvalue weighted by molar-refractivity contribution is -0.123. The lowest BCUT2D eigenvalue weighted by atomic mass is 9.88. The summed E-state index contributed by atoms with van der Waals surface area (Å²) < 4.78 is 0. The van der Waals surface area contributed by atoms with Crippen LogP contribution in [0, 0.1) is 30.6 Å². The number of imide groups is 1. The molecule has 1 aliphatic heterocycles. The van der Waals surface area contributed by atoms with Crippen LogP contribution in [0.1, 0.15) is 38.7 Å². The Hall–Kier alpha value is -1.64. The fraction of sp³-hybridized carbons (Fsp3) is 0.556. The molecule has 1 heterocycles. The van der Waals surface area contributed by atoms with Gasteiger partial charge in [0.25, 0.3) is 0 Å². The third-order valence-corrected chi connectivity index (χ3v) is 5.36. The summed E-state index contributed by atoms with van der Waals surface area (Å²) in [5.41, 5.74) is 1.87. The maximum absolute atomic E-state index is 12.8. The lowest BCUT2D eigenvalue weighted by Crippen LogP contribution is -2.33. The Balaban J connectivity index is 1.97. The van der Waals surface area contributed by atoms with Crippen molar-refractivity contribution in [3.63, 3.8) is 0 Å². The van der Waals surface area contributed by atoms with Crippen molar-refractivity contribution in [2.45, 2.75) is 40.0 Å². The van der Waals surface area contributed by atoms with E-state index in [0.29, 0.717) is 11.8 Å². The normalized spacial score (nSPS) is 31.9. The van der Waals surface area contributed by atoms with Crippen molar-refractivity contribution in [3.8, 4) is 0 Å². The molecule has 1 saturated carbocycles. The van der Waals surface area contributed by atoms with Gasteiger partial charge in [-0.3, -0.25) is 14.5 Å². The summed E-state index contributed by atoms with van der Waals surface area (Å²) in [7, 11) is 0. The maximum atomic E-state index is 12.8. The van der Waals surface area contributed by atoms with E-state index in [1.54, 1.807) is 0 Å². The van der Waals surface area contributed by atoms with E-state index in [-0.39, 0.29) is 23.7 Å². The van der Waals surface area contributed by atoms with Gasteiger partial charge in [0.1, 0.15) is 0 Å². The molecule has 1 aromatic carbocycles. The summed E-state index contributed by atoms with van der Waals surface area (Å²) in [6.45, 7) is 6.27. The maximum Gasteiger partial charge on any atom is 0.237 e. The Morgan fingerprint density at radius 1 is 0.952 bits per heavy atom. The molecule has 112 valence electrons. The van der Waals surface area contributed by atoms with E-state index in [1.807, 2.05) is 31.2 Å². The zero-order valence-electron chi connectivity index (χ0n) is 13.0. The highest BCUT2D eigenvalue weighted by Gasteiger charge is 2.57. The van der Waals surface area contributed by atoms with E-state index in [1.165, 1.54) is 4.90 Å². The SMILES string of the molecule is CCC1CC(CC)C2C(=O)N(c3ccc(C)cc3)C(=O)C12. The summed E-state index contributed by atoms with van der Waals surface area (Å²) in [5.74, 6) is 0.606. The first-order chi connectivity index (χ1) is 10.1. The topological polar surface area (TPSA) is 37.4 Å². The first-order valence-corrected chi connectivity index (χ1v) is 8.02. The first-order valence-electron chi connectivity index (χ1n) is 8.02. The number of amides is 2. The molecule has 1 aliphatic carbocycles. The van der Waals surface area contributed by atoms with E-state index in [2.05, 4.69) is 13.8 Å². The van der Waals surface area contributed by atoms with E-state index >= 15 is 0 Å². The standard InChI is InChI=1S/C18H23NO2/c1-4-12-10-13(5-2)16-15(12)17(20)19(18(16)21)14-8-6-11(3)7-9-14/h6-9,12-13,15-16H,4-5,10H2,1-3H3. The van der Waals surface area contributed by atoms with Crippen molar-refractivity contribution >= 4 is 17.5 Å². The van der Waals surface area contributed by atoms with E-state index in [4.69, 9.17) is 0 Å². The highest BCUT2D eigenvalue weighted by atomic mass is 16.2. The Kier molecular flexibility index (Phi) is 3.60. The van der Waals surface area contributed by atoms with E-state index < -0.39 is 0 Å². The van der Waals surface area contributed by atoms with Crippen LogP contribution in [0.3, 0.4) is 0 Å². The number of fused-ring (bicyclic) bond motifs is 1. The van der Waals surface area contributed by atoms with Crippen molar-refractivity contribution in [2.24, 2.45) is 23.7 Å². The molecule has 3 rings (SSSR count). The molecule has 0 bridgehead atoms. The van der Waals surface area contributed by atoms with Crippen LogP contribution in [-0.4, -0.2) is 11.8 Å². The number of anilines is 1. The number of aryl methyl sites for hydroxylation is 1. The lowest BCUT2D eigenvalue weighted by Gasteiger charge is -2.20. The highest BCUT2D eigenvalue weighted by molar-refractivity contribution is 6.22. The molecule has 0 N–H and O–H groups in total. The summed E-state index contributed by atoms with van der Waals surface area (Å²) in [6, 6.07) is 7.68. The van der Waals surface area contributed by atoms with Crippen molar-refractivity contribution < 1.29 is 9.59 Å². The average molecular weight is 285 g/mol.